The van der Waals surface area contributed by atoms with Crippen LogP contribution in [0.15, 0.2) is 60.7 Å². The van der Waals surface area contributed by atoms with Gasteiger partial charge in [0.1, 0.15) is 5.25 Å². The van der Waals surface area contributed by atoms with Gasteiger partial charge >= 0.3 is 0 Å². The van der Waals surface area contributed by atoms with Crippen molar-refractivity contribution in [1.82, 2.24) is 0 Å². The summed E-state index contributed by atoms with van der Waals surface area (Å²) in [5.74, 6) is 5.63. The number of rotatable bonds is 3. The second-order valence-corrected chi connectivity index (χ2v) is 6.29. The first-order valence-corrected chi connectivity index (χ1v) is 7.76. The van der Waals surface area contributed by atoms with Crippen LogP contribution < -0.4 is 4.72 Å². The molecule has 0 fully saturated rings. The molecule has 20 heavy (non-hydrogen) atoms. The van der Waals surface area contributed by atoms with Crippen molar-refractivity contribution in [3.05, 3.63) is 66.2 Å². The Hall–Kier alpha value is -2.25. The van der Waals surface area contributed by atoms with Crippen LogP contribution >= 0.6 is 0 Å². The molecule has 3 nitrogen and oxygen atoms in total. The molecule has 0 aliphatic heterocycles. The van der Waals surface area contributed by atoms with Gasteiger partial charge in [0, 0.05) is 11.3 Å². The maximum atomic E-state index is 12.1. The number of hydrogen-bond acceptors (Lipinski definition) is 2. The van der Waals surface area contributed by atoms with Gasteiger partial charge in [-0.05, 0) is 31.2 Å². The molecule has 1 atom stereocenters. The van der Waals surface area contributed by atoms with Gasteiger partial charge in [0.25, 0.3) is 0 Å². The molecule has 2 aromatic carbocycles. The number of benzene rings is 2. The van der Waals surface area contributed by atoms with Gasteiger partial charge in [-0.3, -0.25) is 4.72 Å². The molecule has 0 saturated carbocycles. The highest BCUT2D eigenvalue weighted by molar-refractivity contribution is 7.93. The Morgan fingerprint density at radius 3 is 2.10 bits per heavy atom. The van der Waals surface area contributed by atoms with E-state index in [0.717, 1.165) is 5.56 Å². The van der Waals surface area contributed by atoms with E-state index in [4.69, 9.17) is 0 Å². The molecular formula is C16H15NO2S. The number of para-hydroxylation sites is 1. The number of anilines is 1. The lowest BCUT2D eigenvalue weighted by molar-refractivity contribution is 0.597. The lowest BCUT2D eigenvalue weighted by Crippen LogP contribution is -2.23. The Morgan fingerprint density at radius 1 is 0.950 bits per heavy atom. The predicted molar refractivity (Wildman–Crippen MR) is 81.8 cm³/mol. The standard InChI is InChI=1S/C16H15NO2S/c1-14(12-13-15-8-4-2-5-9-15)20(18,19)17-16-10-6-3-7-11-16/h2-11,14,17H,1H3. The van der Waals surface area contributed by atoms with E-state index in [1.807, 2.05) is 36.4 Å². The van der Waals surface area contributed by atoms with Crippen molar-refractivity contribution in [2.24, 2.45) is 0 Å². The van der Waals surface area contributed by atoms with Gasteiger partial charge in [-0.25, -0.2) is 8.42 Å². The summed E-state index contributed by atoms with van der Waals surface area (Å²) in [6.07, 6.45) is 0. The number of sulfonamides is 1. The van der Waals surface area contributed by atoms with Crippen molar-refractivity contribution in [2.75, 3.05) is 4.72 Å². The van der Waals surface area contributed by atoms with Crippen molar-refractivity contribution in [1.29, 1.82) is 0 Å². The van der Waals surface area contributed by atoms with E-state index in [0.29, 0.717) is 5.69 Å². The number of hydrogen-bond donors (Lipinski definition) is 1. The average Bonchev–Trinajstić information content (AvgIpc) is 2.46. The first-order valence-electron chi connectivity index (χ1n) is 6.21. The molecule has 102 valence electrons. The topological polar surface area (TPSA) is 46.2 Å². The third-order valence-electron chi connectivity index (χ3n) is 2.69. The maximum Gasteiger partial charge on any atom is 0.246 e. The van der Waals surface area contributed by atoms with Crippen LogP contribution in [0.25, 0.3) is 0 Å². The van der Waals surface area contributed by atoms with E-state index < -0.39 is 15.3 Å². The van der Waals surface area contributed by atoms with Gasteiger partial charge in [-0.2, -0.15) is 0 Å². The fraction of sp³-hybridized carbons (Fsp3) is 0.125. The highest BCUT2D eigenvalue weighted by Gasteiger charge is 2.18. The summed E-state index contributed by atoms with van der Waals surface area (Å²) in [4.78, 5) is 0. The summed E-state index contributed by atoms with van der Waals surface area (Å²) < 4.78 is 26.7. The Balaban J connectivity index is 2.12. The van der Waals surface area contributed by atoms with Crippen LogP contribution in [0, 0.1) is 11.8 Å². The molecule has 4 heteroatoms. The molecule has 0 bridgehead atoms. The molecule has 0 spiro atoms. The molecule has 0 aliphatic rings. The summed E-state index contributed by atoms with van der Waals surface area (Å²) in [6, 6.07) is 18.1. The largest absolute Gasteiger partial charge is 0.283 e. The van der Waals surface area contributed by atoms with Crippen LogP contribution in [-0.4, -0.2) is 13.7 Å². The zero-order valence-corrected chi connectivity index (χ0v) is 11.9. The predicted octanol–water partition coefficient (Wildman–Crippen LogP) is 2.87. The monoisotopic (exact) mass is 285 g/mol. The van der Waals surface area contributed by atoms with Crippen LogP contribution in [0.4, 0.5) is 5.69 Å². The highest BCUT2D eigenvalue weighted by Crippen LogP contribution is 2.11. The summed E-state index contributed by atoms with van der Waals surface area (Å²) in [6.45, 7) is 1.57. The minimum atomic E-state index is -3.51. The normalized spacial score (nSPS) is 12.1. The SMILES string of the molecule is CC(C#Cc1ccccc1)S(=O)(=O)Nc1ccccc1. The quantitative estimate of drug-likeness (QED) is 0.881. The molecule has 0 radical (unpaired) electrons. The molecule has 2 aromatic rings. The van der Waals surface area contributed by atoms with Crippen molar-refractivity contribution < 1.29 is 8.42 Å². The lowest BCUT2D eigenvalue weighted by Gasteiger charge is -2.09. The van der Waals surface area contributed by atoms with Crippen LogP contribution in [0.2, 0.25) is 0 Å². The van der Waals surface area contributed by atoms with Crippen LogP contribution in [0.5, 0.6) is 0 Å². The van der Waals surface area contributed by atoms with E-state index in [9.17, 15) is 8.42 Å². The Labute approximate surface area is 119 Å². The van der Waals surface area contributed by atoms with Crippen LogP contribution in [-0.2, 0) is 10.0 Å². The van der Waals surface area contributed by atoms with E-state index in [1.54, 1.807) is 31.2 Å². The van der Waals surface area contributed by atoms with E-state index >= 15 is 0 Å². The van der Waals surface area contributed by atoms with Crippen molar-refractivity contribution in [3.8, 4) is 11.8 Å². The average molecular weight is 285 g/mol. The first-order chi connectivity index (χ1) is 9.58. The fourth-order valence-electron chi connectivity index (χ4n) is 1.54. The van der Waals surface area contributed by atoms with Crippen LogP contribution in [0.1, 0.15) is 12.5 Å². The Bertz CT molecular complexity index is 713. The van der Waals surface area contributed by atoms with E-state index in [-0.39, 0.29) is 0 Å². The van der Waals surface area contributed by atoms with Gasteiger partial charge in [-0.1, -0.05) is 48.2 Å². The first kappa shape index (κ1) is 14.2. The molecule has 0 aromatic heterocycles. The zero-order valence-electron chi connectivity index (χ0n) is 11.1. The molecule has 1 N–H and O–H groups in total. The van der Waals surface area contributed by atoms with Gasteiger partial charge in [0.2, 0.25) is 10.0 Å². The summed E-state index contributed by atoms with van der Waals surface area (Å²) >= 11 is 0. The van der Waals surface area contributed by atoms with Gasteiger partial charge in [-0.15, -0.1) is 0 Å². The second-order valence-electron chi connectivity index (χ2n) is 4.29. The Morgan fingerprint density at radius 2 is 1.50 bits per heavy atom. The zero-order chi connectivity index (χ0) is 14.4. The van der Waals surface area contributed by atoms with E-state index in [1.165, 1.54) is 0 Å². The second kappa shape index (κ2) is 6.27. The van der Waals surface area contributed by atoms with Crippen molar-refractivity contribution in [2.45, 2.75) is 12.2 Å². The Kier molecular flexibility index (Phi) is 4.44. The molecule has 0 amide bonds. The molecule has 1 unspecified atom stereocenters. The van der Waals surface area contributed by atoms with E-state index in [2.05, 4.69) is 16.6 Å². The summed E-state index contributed by atoms with van der Waals surface area (Å²) in [5, 5.41) is -0.789. The lowest BCUT2D eigenvalue weighted by atomic mass is 10.2. The summed E-state index contributed by atoms with van der Waals surface area (Å²) in [5.41, 5.74) is 1.34. The third-order valence-corrected chi connectivity index (χ3v) is 4.26. The fourth-order valence-corrected chi connectivity index (χ4v) is 2.40. The summed E-state index contributed by atoms with van der Waals surface area (Å²) in [7, 11) is -3.51. The molecule has 0 aliphatic carbocycles. The minimum absolute atomic E-state index is 0.542. The van der Waals surface area contributed by atoms with Gasteiger partial charge in [0.05, 0.1) is 0 Å². The molecule has 0 heterocycles. The van der Waals surface area contributed by atoms with Crippen molar-refractivity contribution in [3.63, 3.8) is 0 Å². The maximum absolute atomic E-state index is 12.1. The highest BCUT2D eigenvalue weighted by atomic mass is 32.2. The van der Waals surface area contributed by atoms with Crippen LogP contribution in [0.3, 0.4) is 0 Å². The molecule has 0 saturated heterocycles. The third kappa shape index (κ3) is 3.87. The molecule has 2 rings (SSSR count). The number of nitrogens with one attached hydrogen (secondary N) is 1. The minimum Gasteiger partial charge on any atom is -0.283 e. The molecular weight excluding hydrogens is 270 g/mol. The smallest absolute Gasteiger partial charge is 0.246 e. The van der Waals surface area contributed by atoms with Gasteiger partial charge in [0.15, 0.2) is 0 Å². The van der Waals surface area contributed by atoms with Crippen molar-refractivity contribution >= 4 is 15.7 Å². The van der Waals surface area contributed by atoms with Gasteiger partial charge < -0.3 is 0 Å².